The van der Waals surface area contributed by atoms with Crippen molar-refractivity contribution >= 4 is 11.6 Å². The highest BCUT2D eigenvalue weighted by Gasteiger charge is 2.20. The first-order valence-electron chi connectivity index (χ1n) is 5.23. The van der Waals surface area contributed by atoms with Crippen molar-refractivity contribution in [2.75, 3.05) is 14.1 Å². The van der Waals surface area contributed by atoms with Gasteiger partial charge in [-0.1, -0.05) is 30.7 Å². The minimum atomic E-state index is 0.154. The molecule has 0 amide bonds. The summed E-state index contributed by atoms with van der Waals surface area (Å²) in [6, 6.07) is 8.32. The lowest BCUT2D eigenvalue weighted by Crippen LogP contribution is -2.36. The van der Waals surface area contributed by atoms with Gasteiger partial charge in [-0.25, -0.2) is 0 Å². The predicted octanol–water partition coefficient (Wildman–Crippen LogP) is 2.68. The van der Waals surface area contributed by atoms with E-state index < -0.39 is 0 Å². The van der Waals surface area contributed by atoms with Crippen LogP contribution in [0.25, 0.3) is 0 Å². The summed E-state index contributed by atoms with van der Waals surface area (Å²) >= 11 is 5.86. The van der Waals surface area contributed by atoms with Crippen molar-refractivity contribution in [3.8, 4) is 0 Å². The molecular formula is C12H19ClN2. The molecule has 2 nitrogen and oxygen atoms in total. The summed E-state index contributed by atoms with van der Waals surface area (Å²) in [7, 11) is 4.10. The van der Waals surface area contributed by atoms with E-state index in [2.05, 4.69) is 25.9 Å². The molecule has 84 valence electrons. The fraction of sp³-hybridized carbons (Fsp3) is 0.500. The van der Waals surface area contributed by atoms with Crippen LogP contribution in [-0.2, 0) is 0 Å². The monoisotopic (exact) mass is 226 g/mol. The van der Waals surface area contributed by atoms with Gasteiger partial charge in [0, 0.05) is 17.1 Å². The molecule has 1 rings (SSSR count). The highest BCUT2D eigenvalue weighted by Crippen LogP contribution is 2.23. The third-order valence-corrected chi connectivity index (χ3v) is 2.90. The maximum absolute atomic E-state index is 6.11. The maximum Gasteiger partial charge on any atom is 0.0493 e. The molecule has 0 bridgehead atoms. The van der Waals surface area contributed by atoms with Gasteiger partial charge in [0.2, 0.25) is 0 Å². The Balaban J connectivity index is 2.94. The second kappa shape index (κ2) is 5.50. The van der Waals surface area contributed by atoms with Crippen LogP contribution in [0.4, 0.5) is 0 Å². The average Bonchev–Trinajstić information content (AvgIpc) is 2.20. The summed E-state index contributed by atoms with van der Waals surface area (Å²) in [4.78, 5) is 2.15. The Morgan fingerprint density at radius 2 is 1.80 bits per heavy atom. The third-order valence-electron chi connectivity index (χ3n) is 2.64. The maximum atomic E-state index is 6.11. The number of rotatable bonds is 4. The van der Waals surface area contributed by atoms with Gasteiger partial charge < -0.3 is 10.6 Å². The number of halogens is 1. The fourth-order valence-electron chi connectivity index (χ4n) is 1.81. The summed E-state index contributed by atoms with van der Waals surface area (Å²) in [5.41, 5.74) is 7.33. The van der Waals surface area contributed by atoms with Gasteiger partial charge in [-0.2, -0.15) is 0 Å². The van der Waals surface area contributed by atoms with Crippen molar-refractivity contribution in [2.24, 2.45) is 5.73 Å². The molecule has 0 saturated heterocycles. The second-order valence-corrected chi connectivity index (χ2v) is 4.47. The van der Waals surface area contributed by atoms with Crippen molar-refractivity contribution in [2.45, 2.75) is 25.4 Å². The molecule has 2 atom stereocenters. The van der Waals surface area contributed by atoms with Gasteiger partial charge in [0.1, 0.15) is 0 Å². The van der Waals surface area contributed by atoms with Gasteiger partial charge in [0.05, 0.1) is 0 Å². The number of nitrogens with two attached hydrogens (primary N) is 1. The summed E-state index contributed by atoms with van der Waals surface area (Å²) in [6.45, 7) is 2.11. The first kappa shape index (κ1) is 12.5. The van der Waals surface area contributed by atoms with E-state index in [9.17, 15) is 0 Å². The Morgan fingerprint density at radius 1 is 1.27 bits per heavy atom. The third kappa shape index (κ3) is 3.20. The lowest BCUT2D eigenvalue weighted by atomic mass is 9.97. The first-order valence-corrected chi connectivity index (χ1v) is 5.61. The van der Waals surface area contributed by atoms with E-state index in [1.165, 1.54) is 5.56 Å². The normalized spacial score (nSPS) is 15.3. The van der Waals surface area contributed by atoms with Crippen LogP contribution in [-0.4, -0.2) is 25.0 Å². The van der Waals surface area contributed by atoms with Crippen LogP contribution in [0.3, 0.4) is 0 Å². The Kier molecular flexibility index (Phi) is 4.58. The smallest absolute Gasteiger partial charge is 0.0493 e. The number of likely N-dealkylation sites (N-methyl/N-ethyl adjacent to an activating group) is 1. The van der Waals surface area contributed by atoms with E-state index in [-0.39, 0.29) is 12.1 Å². The highest BCUT2D eigenvalue weighted by molar-refractivity contribution is 6.30. The molecule has 0 spiro atoms. The molecule has 3 heteroatoms. The number of hydrogen-bond acceptors (Lipinski definition) is 2. The topological polar surface area (TPSA) is 29.3 Å². The standard InChI is InChI=1S/C12H19ClN2/c1-4-11(14)12(15(2)3)9-5-7-10(13)8-6-9/h5-8,11-12H,4,14H2,1-3H3. The number of hydrogen-bond donors (Lipinski definition) is 1. The SMILES string of the molecule is CCC(N)C(c1ccc(Cl)cc1)N(C)C. The second-order valence-electron chi connectivity index (χ2n) is 4.03. The van der Waals surface area contributed by atoms with Gasteiger partial charge in [-0.3, -0.25) is 0 Å². The van der Waals surface area contributed by atoms with Crippen LogP contribution in [0, 0.1) is 0 Å². The first-order chi connectivity index (χ1) is 7.06. The van der Waals surface area contributed by atoms with Gasteiger partial charge in [-0.15, -0.1) is 0 Å². The summed E-state index contributed by atoms with van der Waals surface area (Å²) in [6.07, 6.45) is 0.964. The van der Waals surface area contributed by atoms with E-state index in [4.69, 9.17) is 17.3 Å². The molecule has 0 aliphatic heterocycles. The molecule has 15 heavy (non-hydrogen) atoms. The molecule has 0 aliphatic carbocycles. The average molecular weight is 227 g/mol. The molecule has 0 aliphatic rings. The van der Waals surface area contributed by atoms with Crippen LogP contribution >= 0.6 is 11.6 Å². The Morgan fingerprint density at radius 3 is 2.20 bits per heavy atom. The molecule has 0 aromatic heterocycles. The zero-order valence-electron chi connectivity index (χ0n) is 9.57. The highest BCUT2D eigenvalue weighted by atomic mass is 35.5. The van der Waals surface area contributed by atoms with E-state index in [0.717, 1.165) is 11.4 Å². The predicted molar refractivity (Wildman–Crippen MR) is 66.1 cm³/mol. The molecule has 0 heterocycles. The van der Waals surface area contributed by atoms with E-state index in [1.54, 1.807) is 0 Å². The van der Waals surface area contributed by atoms with Crippen LogP contribution in [0.5, 0.6) is 0 Å². The summed E-state index contributed by atoms with van der Waals surface area (Å²) in [5, 5.41) is 0.765. The Bertz CT molecular complexity index is 295. The molecule has 2 N–H and O–H groups in total. The van der Waals surface area contributed by atoms with Crippen molar-refractivity contribution in [3.05, 3.63) is 34.9 Å². The Hall–Kier alpha value is -0.570. The molecule has 0 radical (unpaired) electrons. The van der Waals surface area contributed by atoms with Crippen molar-refractivity contribution in [1.29, 1.82) is 0 Å². The van der Waals surface area contributed by atoms with Crippen LogP contribution in [0.1, 0.15) is 24.9 Å². The zero-order chi connectivity index (χ0) is 11.4. The lowest BCUT2D eigenvalue weighted by Gasteiger charge is -2.29. The summed E-state index contributed by atoms with van der Waals surface area (Å²) in [5.74, 6) is 0. The van der Waals surface area contributed by atoms with Gasteiger partial charge >= 0.3 is 0 Å². The van der Waals surface area contributed by atoms with Crippen LogP contribution in [0.2, 0.25) is 5.02 Å². The van der Waals surface area contributed by atoms with E-state index >= 15 is 0 Å². The fourth-order valence-corrected chi connectivity index (χ4v) is 1.94. The van der Waals surface area contributed by atoms with Crippen molar-refractivity contribution < 1.29 is 0 Å². The van der Waals surface area contributed by atoms with Crippen molar-refractivity contribution in [3.63, 3.8) is 0 Å². The Labute approximate surface area is 97.0 Å². The van der Waals surface area contributed by atoms with E-state index in [1.807, 2.05) is 24.3 Å². The number of benzene rings is 1. The largest absolute Gasteiger partial charge is 0.326 e. The van der Waals surface area contributed by atoms with Crippen LogP contribution in [0.15, 0.2) is 24.3 Å². The number of nitrogens with zero attached hydrogens (tertiary/aromatic N) is 1. The van der Waals surface area contributed by atoms with Crippen molar-refractivity contribution in [1.82, 2.24) is 4.90 Å². The summed E-state index contributed by atoms with van der Waals surface area (Å²) < 4.78 is 0. The lowest BCUT2D eigenvalue weighted by molar-refractivity contribution is 0.253. The minimum Gasteiger partial charge on any atom is -0.326 e. The quantitative estimate of drug-likeness (QED) is 0.856. The molecule has 0 saturated carbocycles. The minimum absolute atomic E-state index is 0.154. The molecule has 1 aromatic carbocycles. The van der Waals surface area contributed by atoms with Crippen LogP contribution < -0.4 is 5.73 Å². The molecule has 1 aromatic rings. The van der Waals surface area contributed by atoms with E-state index in [0.29, 0.717) is 0 Å². The molecular weight excluding hydrogens is 208 g/mol. The molecule has 2 unspecified atom stereocenters. The van der Waals surface area contributed by atoms with Gasteiger partial charge in [-0.05, 0) is 38.2 Å². The van der Waals surface area contributed by atoms with Gasteiger partial charge in [0.25, 0.3) is 0 Å². The zero-order valence-corrected chi connectivity index (χ0v) is 10.3. The van der Waals surface area contributed by atoms with Gasteiger partial charge in [0.15, 0.2) is 0 Å². The molecule has 0 fully saturated rings.